The van der Waals surface area contributed by atoms with E-state index in [9.17, 15) is 0 Å². The summed E-state index contributed by atoms with van der Waals surface area (Å²) in [4.78, 5) is 15.1. The van der Waals surface area contributed by atoms with Crippen molar-refractivity contribution in [3.63, 3.8) is 0 Å². The predicted octanol–water partition coefficient (Wildman–Crippen LogP) is 2.54. The Morgan fingerprint density at radius 1 is 1.22 bits per heavy atom. The van der Waals surface area contributed by atoms with Gasteiger partial charge in [-0.3, -0.25) is 4.98 Å². The first-order valence-electron chi connectivity index (χ1n) is 8.76. The van der Waals surface area contributed by atoms with Crippen LogP contribution in [-0.2, 0) is 0 Å². The van der Waals surface area contributed by atoms with Crippen LogP contribution in [0.3, 0.4) is 0 Å². The molecule has 0 amide bonds. The standard InChI is InChI=1S/C19H20ClN5O2/c1-26-16-10-21-9-15-17(16)18(24-19(20)23-15)25-8-7-22-13(11-25)12-27-14-5-3-2-4-6-14/h2-6,9-10,13,22H,7-8,11-12H2,1H3/t13-/m1/s1. The van der Waals surface area contributed by atoms with Crippen molar-refractivity contribution < 1.29 is 9.47 Å². The second kappa shape index (κ2) is 7.94. The number of benzene rings is 1. The van der Waals surface area contributed by atoms with Gasteiger partial charge in [-0.2, -0.15) is 4.98 Å². The Kier molecular flexibility index (Phi) is 5.22. The molecule has 0 radical (unpaired) electrons. The molecule has 3 heterocycles. The molecule has 27 heavy (non-hydrogen) atoms. The molecule has 0 spiro atoms. The zero-order valence-corrected chi connectivity index (χ0v) is 15.7. The van der Waals surface area contributed by atoms with Crippen molar-refractivity contribution in [3.05, 3.63) is 48.0 Å². The van der Waals surface area contributed by atoms with Gasteiger partial charge in [0, 0.05) is 19.6 Å². The lowest BCUT2D eigenvalue weighted by Gasteiger charge is -2.35. The fourth-order valence-electron chi connectivity index (χ4n) is 3.23. The average molecular weight is 386 g/mol. The number of hydrogen-bond donors (Lipinski definition) is 1. The number of piperazine rings is 1. The quantitative estimate of drug-likeness (QED) is 0.676. The van der Waals surface area contributed by atoms with Crippen LogP contribution in [0.5, 0.6) is 11.5 Å². The van der Waals surface area contributed by atoms with Crippen molar-refractivity contribution in [2.24, 2.45) is 0 Å². The first-order valence-corrected chi connectivity index (χ1v) is 9.14. The molecule has 8 heteroatoms. The Hall–Kier alpha value is -2.64. The maximum Gasteiger partial charge on any atom is 0.224 e. The van der Waals surface area contributed by atoms with Gasteiger partial charge < -0.3 is 19.7 Å². The molecular formula is C19H20ClN5O2. The number of ether oxygens (including phenoxy) is 2. The summed E-state index contributed by atoms with van der Waals surface area (Å²) in [5.74, 6) is 2.25. The molecule has 3 aromatic rings. The average Bonchev–Trinajstić information content (AvgIpc) is 2.72. The minimum atomic E-state index is 0.163. The second-order valence-corrected chi connectivity index (χ2v) is 6.61. The van der Waals surface area contributed by atoms with Crippen LogP contribution in [0.4, 0.5) is 5.82 Å². The summed E-state index contributed by atoms with van der Waals surface area (Å²) in [7, 11) is 1.61. The van der Waals surface area contributed by atoms with Crippen molar-refractivity contribution in [1.82, 2.24) is 20.3 Å². The number of rotatable bonds is 5. The molecule has 4 rings (SSSR count). The molecule has 0 unspecified atom stereocenters. The fraction of sp³-hybridized carbons (Fsp3) is 0.316. The van der Waals surface area contributed by atoms with Gasteiger partial charge in [-0.05, 0) is 23.7 Å². The molecule has 1 atom stereocenters. The molecular weight excluding hydrogens is 366 g/mol. The van der Waals surface area contributed by atoms with Crippen LogP contribution in [0.25, 0.3) is 10.9 Å². The van der Waals surface area contributed by atoms with E-state index in [4.69, 9.17) is 21.1 Å². The van der Waals surface area contributed by atoms with Gasteiger partial charge in [0.1, 0.15) is 23.9 Å². The summed E-state index contributed by atoms with van der Waals surface area (Å²) in [6.45, 7) is 2.92. The van der Waals surface area contributed by atoms with Crippen LogP contribution < -0.4 is 19.7 Å². The lowest BCUT2D eigenvalue weighted by Crippen LogP contribution is -2.53. The number of anilines is 1. The summed E-state index contributed by atoms with van der Waals surface area (Å²) in [5, 5.41) is 4.51. The van der Waals surface area contributed by atoms with Crippen LogP contribution in [0.2, 0.25) is 5.28 Å². The Morgan fingerprint density at radius 2 is 2.07 bits per heavy atom. The zero-order valence-electron chi connectivity index (χ0n) is 14.9. The molecule has 140 valence electrons. The van der Waals surface area contributed by atoms with E-state index in [1.807, 2.05) is 30.3 Å². The number of methoxy groups -OCH3 is 1. The Balaban J connectivity index is 1.57. The van der Waals surface area contributed by atoms with E-state index < -0.39 is 0 Å². The van der Waals surface area contributed by atoms with Gasteiger partial charge in [0.15, 0.2) is 0 Å². The van der Waals surface area contributed by atoms with Crippen molar-refractivity contribution in [2.45, 2.75) is 6.04 Å². The summed E-state index contributed by atoms with van der Waals surface area (Å²) < 4.78 is 11.4. The molecule has 1 aromatic carbocycles. The number of nitrogens with one attached hydrogen (secondary N) is 1. The van der Waals surface area contributed by atoms with Crippen LogP contribution in [0.15, 0.2) is 42.7 Å². The van der Waals surface area contributed by atoms with Gasteiger partial charge in [0.25, 0.3) is 0 Å². The van der Waals surface area contributed by atoms with E-state index in [-0.39, 0.29) is 11.3 Å². The van der Waals surface area contributed by atoms with Gasteiger partial charge in [0.05, 0.1) is 36.4 Å². The Bertz CT molecular complexity index is 925. The first-order chi connectivity index (χ1) is 13.2. The minimum absolute atomic E-state index is 0.163. The molecule has 0 saturated carbocycles. The van der Waals surface area contributed by atoms with E-state index in [0.29, 0.717) is 17.9 Å². The number of aromatic nitrogens is 3. The van der Waals surface area contributed by atoms with E-state index in [2.05, 4.69) is 25.2 Å². The lowest BCUT2D eigenvalue weighted by molar-refractivity contribution is 0.256. The van der Waals surface area contributed by atoms with E-state index in [1.165, 1.54) is 0 Å². The highest BCUT2D eigenvalue weighted by Crippen LogP contribution is 2.32. The minimum Gasteiger partial charge on any atom is -0.494 e. The number of fused-ring (bicyclic) bond motifs is 1. The summed E-state index contributed by atoms with van der Waals surface area (Å²) in [6.07, 6.45) is 3.34. The fourth-order valence-corrected chi connectivity index (χ4v) is 3.41. The van der Waals surface area contributed by atoms with E-state index in [0.717, 1.165) is 36.6 Å². The molecule has 0 bridgehead atoms. The van der Waals surface area contributed by atoms with Crippen molar-refractivity contribution in [2.75, 3.05) is 38.3 Å². The number of hydrogen-bond acceptors (Lipinski definition) is 7. The molecule has 0 aliphatic carbocycles. The Morgan fingerprint density at radius 3 is 2.89 bits per heavy atom. The highest BCUT2D eigenvalue weighted by Gasteiger charge is 2.24. The van der Waals surface area contributed by atoms with Gasteiger partial charge in [-0.15, -0.1) is 0 Å². The Labute approximate surface area is 162 Å². The van der Waals surface area contributed by atoms with Crippen LogP contribution in [0.1, 0.15) is 0 Å². The topological polar surface area (TPSA) is 72.4 Å². The highest BCUT2D eigenvalue weighted by molar-refractivity contribution is 6.29. The maximum atomic E-state index is 6.16. The summed E-state index contributed by atoms with van der Waals surface area (Å²) >= 11 is 6.16. The largest absolute Gasteiger partial charge is 0.494 e. The molecule has 7 nitrogen and oxygen atoms in total. The third-order valence-electron chi connectivity index (χ3n) is 4.49. The van der Waals surface area contributed by atoms with Crippen molar-refractivity contribution >= 4 is 28.3 Å². The van der Waals surface area contributed by atoms with Crippen LogP contribution >= 0.6 is 11.6 Å². The van der Waals surface area contributed by atoms with Gasteiger partial charge in [-0.25, -0.2) is 4.98 Å². The SMILES string of the molecule is COc1cncc2nc(Cl)nc(N3CCN[C@@H](COc4ccccc4)C3)c12. The van der Waals surface area contributed by atoms with Crippen LogP contribution in [0, 0.1) is 0 Å². The zero-order chi connectivity index (χ0) is 18.6. The van der Waals surface area contributed by atoms with Crippen molar-refractivity contribution in [1.29, 1.82) is 0 Å². The van der Waals surface area contributed by atoms with Crippen molar-refractivity contribution in [3.8, 4) is 11.5 Å². The number of halogens is 1. The molecule has 1 N–H and O–H groups in total. The molecule has 1 aliphatic heterocycles. The predicted molar refractivity (Wildman–Crippen MR) is 105 cm³/mol. The maximum absolute atomic E-state index is 6.16. The third-order valence-corrected chi connectivity index (χ3v) is 4.66. The summed E-state index contributed by atoms with van der Waals surface area (Å²) in [6, 6.07) is 9.97. The molecule has 1 fully saturated rings. The number of para-hydroxylation sites is 1. The molecule has 1 saturated heterocycles. The molecule has 2 aromatic heterocycles. The smallest absolute Gasteiger partial charge is 0.224 e. The number of pyridine rings is 1. The van der Waals surface area contributed by atoms with Crippen LogP contribution in [-0.4, -0.2) is 54.3 Å². The van der Waals surface area contributed by atoms with Gasteiger partial charge in [0.2, 0.25) is 5.28 Å². The molecule has 1 aliphatic rings. The third kappa shape index (κ3) is 3.89. The summed E-state index contributed by atoms with van der Waals surface area (Å²) in [5.41, 5.74) is 0.667. The van der Waals surface area contributed by atoms with Gasteiger partial charge >= 0.3 is 0 Å². The van der Waals surface area contributed by atoms with Gasteiger partial charge in [-0.1, -0.05) is 18.2 Å². The first kappa shape index (κ1) is 17.8. The second-order valence-electron chi connectivity index (χ2n) is 6.27. The monoisotopic (exact) mass is 385 g/mol. The lowest BCUT2D eigenvalue weighted by atomic mass is 10.2. The number of nitrogens with zero attached hydrogens (tertiary/aromatic N) is 4. The highest BCUT2D eigenvalue weighted by atomic mass is 35.5. The van der Waals surface area contributed by atoms with E-state index >= 15 is 0 Å². The van der Waals surface area contributed by atoms with E-state index in [1.54, 1.807) is 19.5 Å². The normalized spacial score (nSPS) is 17.1.